The van der Waals surface area contributed by atoms with Crippen molar-refractivity contribution in [3.05, 3.63) is 10.8 Å². The number of rotatable bonds is 2. The highest BCUT2D eigenvalue weighted by Gasteiger charge is 2.34. The van der Waals surface area contributed by atoms with Gasteiger partial charge in [0.25, 0.3) is 0 Å². The number of aromatic nitrogens is 4. The number of hydrogen-bond acceptors (Lipinski definition) is 5. The number of nitrogens with one attached hydrogen (secondary N) is 1. The Hall–Kier alpha value is -1.01. The Morgan fingerprint density at radius 1 is 1.20 bits per heavy atom. The van der Waals surface area contributed by atoms with Gasteiger partial charge in [0.15, 0.2) is 5.82 Å². The third-order valence-electron chi connectivity index (χ3n) is 4.83. The molecule has 1 atom stereocenters. The maximum Gasteiger partial charge on any atom is 0.234 e. The maximum atomic E-state index is 4.85. The monoisotopic (exact) mass is 291 g/mol. The number of hydrogen-bond donors (Lipinski definition) is 1. The molecular formula is C14H21N5S. The quantitative estimate of drug-likeness (QED) is 0.924. The van der Waals surface area contributed by atoms with Gasteiger partial charge in [0.1, 0.15) is 5.01 Å². The van der Waals surface area contributed by atoms with Crippen LogP contribution >= 0.6 is 11.3 Å². The van der Waals surface area contributed by atoms with Crippen LogP contribution in [0.25, 0.3) is 4.96 Å². The average molecular weight is 291 g/mol. The second-order valence-electron chi connectivity index (χ2n) is 6.36. The van der Waals surface area contributed by atoms with E-state index in [-0.39, 0.29) is 5.54 Å². The van der Waals surface area contributed by atoms with Gasteiger partial charge in [-0.05, 0) is 39.2 Å². The standard InChI is InChI=1S/C14H21N5S/c1-14(8-5-9-15-14)12-18-19-11(16-17-13(19)20-12)10-6-3-2-4-7-10/h10,15H,2-9H2,1H3. The first-order chi connectivity index (χ1) is 9.76. The van der Waals surface area contributed by atoms with Crippen LogP contribution in [0.4, 0.5) is 0 Å². The van der Waals surface area contributed by atoms with E-state index in [1.165, 1.54) is 38.5 Å². The Kier molecular flexibility index (Phi) is 3.03. The smallest absolute Gasteiger partial charge is 0.234 e. The summed E-state index contributed by atoms with van der Waals surface area (Å²) < 4.78 is 2.02. The highest BCUT2D eigenvalue weighted by Crippen LogP contribution is 2.36. The molecule has 2 aromatic heterocycles. The topological polar surface area (TPSA) is 55.1 Å². The molecule has 2 fully saturated rings. The van der Waals surface area contributed by atoms with E-state index in [0.29, 0.717) is 5.92 Å². The highest BCUT2D eigenvalue weighted by atomic mass is 32.1. The lowest BCUT2D eigenvalue weighted by atomic mass is 9.89. The molecule has 1 unspecified atom stereocenters. The molecule has 6 heteroatoms. The van der Waals surface area contributed by atoms with E-state index < -0.39 is 0 Å². The van der Waals surface area contributed by atoms with Crippen LogP contribution in [0.15, 0.2) is 0 Å². The predicted molar refractivity (Wildman–Crippen MR) is 79.1 cm³/mol. The minimum atomic E-state index is 0.0369. The zero-order valence-corrected chi connectivity index (χ0v) is 12.7. The molecular weight excluding hydrogens is 270 g/mol. The molecule has 0 amide bonds. The molecule has 0 bridgehead atoms. The van der Waals surface area contributed by atoms with Gasteiger partial charge in [0.05, 0.1) is 5.54 Å². The van der Waals surface area contributed by atoms with Crippen molar-refractivity contribution in [1.29, 1.82) is 0 Å². The summed E-state index contributed by atoms with van der Waals surface area (Å²) in [6, 6.07) is 0. The Morgan fingerprint density at radius 2 is 2.05 bits per heavy atom. The molecule has 0 aromatic carbocycles. The molecule has 0 radical (unpaired) electrons. The van der Waals surface area contributed by atoms with Gasteiger partial charge in [-0.3, -0.25) is 0 Å². The van der Waals surface area contributed by atoms with E-state index in [9.17, 15) is 0 Å². The molecule has 1 saturated heterocycles. The van der Waals surface area contributed by atoms with E-state index >= 15 is 0 Å². The van der Waals surface area contributed by atoms with Crippen LogP contribution in [-0.4, -0.2) is 26.4 Å². The lowest BCUT2D eigenvalue weighted by Gasteiger charge is -2.21. The zero-order chi connectivity index (χ0) is 13.6. The van der Waals surface area contributed by atoms with E-state index in [2.05, 4.69) is 22.4 Å². The van der Waals surface area contributed by atoms with Crippen molar-refractivity contribution < 1.29 is 0 Å². The van der Waals surface area contributed by atoms with Crippen LogP contribution in [0.1, 0.15) is 68.6 Å². The third kappa shape index (κ3) is 1.97. The second kappa shape index (κ2) is 4.77. The second-order valence-corrected chi connectivity index (χ2v) is 7.31. The highest BCUT2D eigenvalue weighted by molar-refractivity contribution is 7.16. The number of nitrogens with zero attached hydrogens (tertiary/aromatic N) is 4. The van der Waals surface area contributed by atoms with Crippen LogP contribution in [-0.2, 0) is 5.54 Å². The van der Waals surface area contributed by atoms with Crippen molar-refractivity contribution in [3.63, 3.8) is 0 Å². The first-order valence-corrected chi connectivity index (χ1v) is 8.56. The fraction of sp³-hybridized carbons (Fsp3) is 0.786. The van der Waals surface area contributed by atoms with Crippen molar-refractivity contribution in [2.75, 3.05) is 6.54 Å². The maximum absolute atomic E-state index is 4.85. The Balaban J connectivity index is 1.71. The van der Waals surface area contributed by atoms with Crippen LogP contribution < -0.4 is 5.32 Å². The van der Waals surface area contributed by atoms with Gasteiger partial charge in [0, 0.05) is 5.92 Å². The lowest BCUT2D eigenvalue weighted by Crippen LogP contribution is -2.33. The minimum absolute atomic E-state index is 0.0369. The SMILES string of the molecule is CC1(c2nn3c(C4CCCCC4)nnc3s2)CCCN1. The van der Waals surface area contributed by atoms with Crippen molar-refractivity contribution >= 4 is 16.3 Å². The van der Waals surface area contributed by atoms with Gasteiger partial charge in [-0.15, -0.1) is 10.2 Å². The van der Waals surface area contributed by atoms with Crippen LogP contribution in [0, 0.1) is 0 Å². The fourth-order valence-corrected chi connectivity index (χ4v) is 4.54. The Bertz CT molecular complexity index is 604. The molecule has 1 aliphatic heterocycles. The van der Waals surface area contributed by atoms with Gasteiger partial charge in [-0.1, -0.05) is 30.6 Å². The van der Waals surface area contributed by atoms with Gasteiger partial charge in [0.2, 0.25) is 4.96 Å². The summed E-state index contributed by atoms with van der Waals surface area (Å²) in [7, 11) is 0. The predicted octanol–water partition coefficient (Wildman–Crippen LogP) is 2.83. The van der Waals surface area contributed by atoms with Crippen molar-refractivity contribution in [2.24, 2.45) is 0 Å². The van der Waals surface area contributed by atoms with E-state index in [1.807, 2.05) is 4.52 Å². The first-order valence-electron chi connectivity index (χ1n) is 7.74. The molecule has 2 aliphatic rings. The minimum Gasteiger partial charge on any atom is -0.306 e. The van der Waals surface area contributed by atoms with Crippen LogP contribution in [0.2, 0.25) is 0 Å². The van der Waals surface area contributed by atoms with Gasteiger partial charge < -0.3 is 5.32 Å². The summed E-state index contributed by atoms with van der Waals surface area (Å²) in [6.45, 7) is 3.35. The molecule has 2 aromatic rings. The zero-order valence-electron chi connectivity index (χ0n) is 11.9. The van der Waals surface area contributed by atoms with Crippen molar-refractivity contribution in [2.45, 2.75) is 63.3 Å². The summed E-state index contributed by atoms with van der Waals surface area (Å²) in [4.78, 5) is 0.954. The largest absolute Gasteiger partial charge is 0.306 e. The summed E-state index contributed by atoms with van der Waals surface area (Å²) in [5.41, 5.74) is 0.0369. The molecule has 3 heterocycles. The van der Waals surface area contributed by atoms with Crippen LogP contribution in [0.5, 0.6) is 0 Å². The van der Waals surface area contributed by atoms with Gasteiger partial charge >= 0.3 is 0 Å². The van der Waals surface area contributed by atoms with Crippen molar-refractivity contribution in [3.8, 4) is 0 Å². The molecule has 108 valence electrons. The summed E-state index contributed by atoms with van der Waals surface area (Å²) in [5.74, 6) is 1.64. The molecule has 20 heavy (non-hydrogen) atoms. The molecule has 1 aliphatic carbocycles. The van der Waals surface area contributed by atoms with Gasteiger partial charge in [-0.2, -0.15) is 9.61 Å². The lowest BCUT2D eigenvalue weighted by molar-refractivity contribution is 0.412. The Morgan fingerprint density at radius 3 is 2.80 bits per heavy atom. The average Bonchev–Trinajstić information content (AvgIpc) is 3.14. The van der Waals surface area contributed by atoms with Crippen LogP contribution in [0.3, 0.4) is 0 Å². The van der Waals surface area contributed by atoms with E-state index in [0.717, 1.165) is 28.8 Å². The summed E-state index contributed by atoms with van der Waals surface area (Å²) in [5, 5.41) is 18.4. The molecule has 1 saturated carbocycles. The van der Waals surface area contributed by atoms with E-state index in [1.54, 1.807) is 11.3 Å². The molecule has 1 N–H and O–H groups in total. The van der Waals surface area contributed by atoms with E-state index in [4.69, 9.17) is 5.10 Å². The van der Waals surface area contributed by atoms with Crippen molar-refractivity contribution in [1.82, 2.24) is 25.1 Å². The number of fused-ring (bicyclic) bond motifs is 1. The molecule has 4 rings (SSSR count). The summed E-state index contributed by atoms with van der Waals surface area (Å²) in [6.07, 6.45) is 8.86. The van der Waals surface area contributed by atoms with Gasteiger partial charge in [-0.25, -0.2) is 0 Å². The fourth-order valence-electron chi connectivity index (χ4n) is 3.55. The normalized spacial score (nSPS) is 28.4. The third-order valence-corrected chi connectivity index (χ3v) is 5.99. The molecule has 5 nitrogen and oxygen atoms in total. The molecule has 0 spiro atoms. The first kappa shape index (κ1) is 12.7. The Labute approximate surface area is 122 Å². The summed E-state index contributed by atoms with van der Waals surface area (Å²) >= 11 is 1.69.